The Morgan fingerprint density at radius 3 is 2.05 bits per heavy atom. The molecule has 0 saturated carbocycles. The van der Waals surface area contributed by atoms with Crippen molar-refractivity contribution >= 4 is 9.84 Å². The molecule has 5 nitrogen and oxygen atoms in total. The predicted octanol–water partition coefficient (Wildman–Crippen LogP) is 1.58. The van der Waals surface area contributed by atoms with E-state index >= 15 is 0 Å². The molecular weight excluding hydrogens is 266 g/mol. The Bertz CT molecular complexity index is 300. The van der Waals surface area contributed by atoms with E-state index in [-0.39, 0.29) is 23.8 Å². The summed E-state index contributed by atoms with van der Waals surface area (Å²) in [6.45, 7) is 9.53. The highest BCUT2D eigenvalue weighted by molar-refractivity contribution is 7.91. The number of ether oxygens (including phenoxy) is 2. The Hall–Kier alpha value is -0.170. The third-order valence-electron chi connectivity index (χ3n) is 2.87. The van der Waals surface area contributed by atoms with Crippen LogP contribution < -0.4 is 5.32 Å². The molecule has 6 heteroatoms. The second-order valence-corrected chi connectivity index (χ2v) is 6.79. The molecule has 19 heavy (non-hydrogen) atoms. The number of hydrogen-bond acceptors (Lipinski definition) is 5. The van der Waals surface area contributed by atoms with Crippen LogP contribution in [0.3, 0.4) is 0 Å². The molecule has 0 radical (unpaired) electrons. The maximum atomic E-state index is 11.5. The molecule has 1 atom stereocenters. The minimum absolute atomic E-state index is 0.0388. The fourth-order valence-electron chi connectivity index (χ4n) is 1.87. The van der Waals surface area contributed by atoms with Crippen molar-refractivity contribution < 1.29 is 17.9 Å². The van der Waals surface area contributed by atoms with Gasteiger partial charge in [0.05, 0.1) is 11.8 Å². The van der Waals surface area contributed by atoms with E-state index in [4.69, 9.17) is 9.47 Å². The van der Waals surface area contributed by atoms with E-state index < -0.39 is 9.84 Å². The average molecular weight is 295 g/mol. The van der Waals surface area contributed by atoms with Gasteiger partial charge in [0, 0.05) is 19.0 Å². The zero-order chi connectivity index (χ0) is 14.7. The normalized spacial score (nSPS) is 13.9. The van der Waals surface area contributed by atoms with Gasteiger partial charge in [-0.25, -0.2) is 8.42 Å². The summed E-state index contributed by atoms with van der Waals surface area (Å²) in [5, 5.41) is 3.31. The predicted molar refractivity (Wildman–Crippen MR) is 78.1 cm³/mol. The molecule has 0 bridgehead atoms. The number of rotatable bonds is 12. The van der Waals surface area contributed by atoms with Crippen LogP contribution in [-0.2, 0) is 19.3 Å². The van der Waals surface area contributed by atoms with Crippen molar-refractivity contribution in [2.45, 2.75) is 52.9 Å². The largest absolute Gasteiger partial charge is 0.351 e. The zero-order valence-corrected chi connectivity index (χ0v) is 13.5. The molecule has 0 aliphatic carbocycles. The summed E-state index contributed by atoms with van der Waals surface area (Å²) < 4.78 is 34.1. The maximum Gasteiger partial charge on any atom is 0.172 e. The quantitative estimate of drug-likeness (QED) is 0.554. The van der Waals surface area contributed by atoms with Crippen molar-refractivity contribution in [1.29, 1.82) is 0 Å². The highest BCUT2D eigenvalue weighted by Gasteiger charge is 2.21. The van der Waals surface area contributed by atoms with Gasteiger partial charge >= 0.3 is 0 Å². The van der Waals surface area contributed by atoms with E-state index in [1.165, 1.54) is 0 Å². The van der Waals surface area contributed by atoms with Gasteiger partial charge in [0.25, 0.3) is 0 Å². The molecule has 0 aromatic carbocycles. The maximum absolute atomic E-state index is 11.5. The summed E-state index contributed by atoms with van der Waals surface area (Å²) in [4.78, 5) is 0. The van der Waals surface area contributed by atoms with Crippen LogP contribution in [-0.4, -0.2) is 52.0 Å². The Morgan fingerprint density at radius 1 is 1.05 bits per heavy atom. The summed E-state index contributed by atoms with van der Waals surface area (Å²) in [6.07, 6.45) is 1.06. The van der Waals surface area contributed by atoms with Crippen LogP contribution in [0.25, 0.3) is 0 Å². The van der Waals surface area contributed by atoms with Gasteiger partial charge in [0.1, 0.15) is 9.84 Å². The molecule has 1 N–H and O–H groups in total. The molecule has 0 spiro atoms. The monoisotopic (exact) mass is 295 g/mol. The first-order valence-electron chi connectivity index (χ1n) is 7.17. The van der Waals surface area contributed by atoms with Gasteiger partial charge in [-0.15, -0.1) is 0 Å². The Kier molecular flexibility index (Phi) is 10.5. The van der Waals surface area contributed by atoms with Gasteiger partial charge in [-0.3, -0.25) is 0 Å². The second kappa shape index (κ2) is 10.6. The number of sulfone groups is 1. The lowest BCUT2D eigenvalue weighted by Crippen LogP contribution is -2.43. The summed E-state index contributed by atoms with van der Waals surface area (Å²) in [5.41, 5.74) is 0. The molecule has 0 aromatic rings. The Balaban J connectivity index is 4.36. The van der Waals surface area contributed by atoms with Crippen LogP contribution in [0.15, 0.2) is 0 Å². The van der Waals surface area contributed by atoms with Gasteiger partial charge in [-0.1, -0.05) is 13.8 Å². The third kappa shape index (κ3) is 8.57. The van der Waals surface area contributed by atoms with E-state index in [0.29, 0.717) is 19.6 Å². The van der Waals surface area contributed by atoms with Gasteiger partial charge < -0.3 is 14.8 Å². The number of likely N-dealkylation sites (N-methyl/N-ethyl adjacent to an activating group) is 1. The fraction of sp³-hybridized carbons (Fsp3) is 1.00. The molecule has 116 valence electrons. The molecule has 0 aliphatic heterocycles. The van der Waals surface area contributed by atoms with Crippen molar-refractivity contribution in [3.63, 3.8) is 0 Å². The third-order valence-corrected chi connectivity index (χ3v) is 4.66. The van der Waals surface area contributed by atoms with Crippen LogP contribution >= 0.6 is 0 Å². The summed E-state index contributed by atoms with van der Waals surface area (Å²) in [7, 11) is -2.89. The lowest BCUT2D eigenvalue weighted by molar-refractivity contribution is -0.154. The molecule has 0 aliphatic rings. The molecular formula is C13H29NO4S. The van der Waals surface area contributed by atoms with E-state index in [2.05, 4.69) is 5.32 Å². The minimum Gasteiger partial charge on any atom is -0.351 e. The lowest BCUT2D eigenvalue weighted by Gasteiger charge is -2.27. The number of nitrogens with one attached hydrogen (secondary N) is 1. The standard InChI is InChI=1S/C13H29NO4S/c1-5-14-12(13(17-6-2)18-7-3)10-9-11-19(15,16)8-4/h12-14H,5-11H2,1-4H3. The molecule has 0 amide bonds. The summed E-state index contributed by atoms with van der Waals surface area (Å²) in [5.74, 6) is 0.440. The first kappa shape index (κ1) is 18.8. The Morgan fingerprint density at radius 2 is 1.63 bits per heavy atom. The number of hydrogen-bond donors (Lipinski definition) is 1. The van der Waals surface area contributed by atoms with Crippen molar-refractivity contribution in [2.24, 2.45) is 0 Å². The smallest absolute Gasteiger partial charge is 0.172 e. The van der Waals surface area contributed by atoms with Crippen LogP contribution in [0.5, 0.6) is 0 Å². The highest BCUT2D eigenvalue weighted by atomic mass is 32.2. The molecule has 0 fully saturated rings. The van der Waals surface area contributed by atoms with Crippen molar-refractivity contribution in [3.8, 4) is 0 Å². The van der Waals surface area contributed by atoms with Crippen molar-refractivity contribution in [2.75, 3.05) is 31.3 Å². The molecule has 0 heterocycles. The van der Waals surface area contributed by atoms with E-state index in [1.807, 2.05) is 20.8 Å². The highest BCUT2D eigenvalue weighted by Crippen LogP contribution is 2.10. The van der Waals surface area contributed by atoms with Gasteiger partial charge in [0.15, 0.2) is 6.29 Å². The van der Waals surface area contributed by atoms with E-state index in [0.717, 1.165) is 13.0 Å². The van der Waals surface area contributed by atoms with Crippen LogP contribution in [0.1, 0.15) is 40.5 Å². The second-order valence-electron chi connectivity index (χ2n) is 4.32. The average Bonchev–Trinajstić information content (AvgIpc) is 2.37. The molecule has 0 aromatic heterocycles. The minimum atomic E-state index is -2.89. The van der Waals surface area contributed by atoms with Gasteiger partial charge in [0.2, 0.25) is 0 Å². The van der Waals surface area contributed by atoms with Crippen LogP contribution in [0.4, 0.5) is 0 Å². The first-order chi connectivity index (χ1) is 9.00. The van der Waals surface area contributed by atoms with E-state index in [9.17, 15) is 8.42 Å². The first-order valence-corrected chi connectivity index (χ1v) is 8.99. The van der Waals surface area contributed by atoms with E-state index in [1.54, 1.807) is 6.92 Å². The van der Waals surface area contributed by atoms with Gasteiger partial charge in [-0.05, 0) is 33.2 Å². The van der Waals surface area contributed by atoms with Gasteiger partial charge in [-0.2, -0.15) is 0 Å². The molecule has 0 rings (SSSR count). The summed E-state index contributed by atoms with van der Waals surface area (Å²) >= 11 is 0. The summed E-state index contributed by atoms with van der Waals surface area (Å²) in [6, 6.07) is 0.0388. The van der Waals surface area contributed by atoms with Crippen molar-refractivity contribution in [1.82, 2.24) is 5.32 Å². The Labute approximate surface area is 118 Å². The fourth-order valence-corrected chi connectivity index (χ4v) is 2.77. The molecule has 1 unspecified atom stereocenters. The molecule has 0 saturated heterocycles. The topological polar surface area (TPSA) is 64.6 Å². The van der Waals surface area contributed by atoms with Crippen LogP contribution in [0, 0.1) is 0 Å². The zero-order valence-electron chi connectivity index (χ0n) is 12.6. The van der Waals surface area contributed by atoms with Crippen LogP contribution in [0.2, 0.25) is 0 Å². The SMILES string of the molecule is CCNC(CCCS(=O)(=O)CC)C(OCC)OCC. The van der Waals surface area contributed by atoms with Crippen molar-refractivity contribution in [3.05, 3.63) is 0 Å². The lowest BCUT2D eigenvalue weighted by atomic mass is 10.1.